The summed E-state index contributed by atoms with van der Waals surface area (Å²) >= 11 is 0. The summed E-state index contributed by atoms with van der Waals surface area (Å²) < 4.78 is 21.9. The van der Waals surface area contributed by atoms with Crippen LogP contribution < -0.4 is 10.6 Å². The third-order valence-corrected chi connectivity index (χ3v) is 6.20. The Hall–Kier alpha value is -1.40. The van der Waals surface area contributed by atoms with Crippen molar-refractivity contribution < 1.29 is 13.2 Å². The number of hydrogen-bond acceptors (Lipinski definition) is 4. The highest BCUT2D eigenvalue weighted by Gasteiger charge is 2.38. The van der Waals surface area contributed by atoms with Crippen LogP contribution in [0, 0.1) is 0 Å². The van der Waals surface area contributed by atoms with Crippen LogP contribution in [0.5, 0.6) is 0 Å². The molecule has 1 aliphatic heterocycles. The van der Waals surface area contributed by atoms with Gasteiger partial charge in [0.2, 0.25) is 5.91 Å². The van der Waals surface area contributed by atoms with Crippen molar-refractivity contribution in [1.29, 1.82) is 0 Å². The molecule has 1 aliphatic rings. The van der Waals surface area contributed by atoms with Gasteiger partial charge in [0, 0.05) is 18.8 Å². The molecular formula is C15H22N2O3S. The number of carbonyl (C=O) groups excluding carboxylic acids is 1. The van der Waals surface area contributed by atoms with E-state index in [1.165, 1.54) is 25.0 Å². The van der Waals surface area contributed by atoms with Gasteiger partial charge >= 0.3 is 0 Å². The number of benzene rings is 1. The van der Waals surface area contributed by atoms with Crippen LogP contribution in [0.3, 0.4) is 0 Å². The Bertz CT molecular complexity index is 638. The van der Waals surface area contributed by atoms with E-state index in [-0.39, 0.29) is 6.04 Å². The third-order valence-electron chi connectivity index (χ3n) is 4.16. The Morgan fingerprint density at radius 3 is 2.71 bits per heavy atom. The predicted molar refractivity (Wildman–Crippen MR) is 82.8 cm³/mol. The van der Waals surface area contributed by atoms with Gasteiger partial charge in [-0.05, 0) is 37.9 Å². The molecule has 0 bridgehead atoms. The minimum absolute atomic E-state index is 0.0225. The van der Waals surface area contributed by atoms with Crippen LogP contribution in [0.2, 0.25) is 0 Å². The first-order valence-corrected chi connectivity index (χ1v) is 8.91. The van der Waals surface area contributed by atoms with E-state index in [4.69, 9.17) is 0 Å². The zero-order valence-electron chi connectivity index (χ0n) is 12.6. The highest BCUT2D eigenvalue weighted by atomic mass is 32.2. The number of nitrogens with one attached hydrogen (secondary N) is 2. The van der Waals surface area contributed by atoms with Crippen LogP contribution in [-0.2, 0) is 21.1 Å². The van der Waals surface area contributed by atoms with Gasteiger partial charge in [0.05, 0.1) is 0 Å². The smallest absolute Gasteiger partial charge is 0.240 e. The maximum absolute atomic E-state index is 12.1. The van der Waals surface area contributed by atoms with E-state index in [9.17, 15) is 13.2 Å². The number of fused-ring (bicyclic) bond motifs is 1. The zero-order valence-corrected chi connectivity index (χ0v) is 13.5. The Balaban J connectivity index is 2.07. The van der Waals surface area contributed by atoms with Gasteiger partial charge in [0.15, 0.2) is 9.84 Å². The molecule has 0 aromatic heterocycles. The van der Waals surface area contributed by atoms with Crippen LogP contribution >= 0.6 is 0 Å². The van der Waals surface area contributed by atoms with Crippen LogP contribution in [0.25, 0.3) is 0 Å². The van der Waals surface area contributed by atoms with E-state index in [0.29, 0.717) is 6.54 Å². The predicted octanol–water partition coefficient (Wildman–Crippen LogP) is 0.813. The maximum Gasteiger partial charge on any atom is 0.240 e. The summed E-state index contributed by atoms with van der Waals surface area (Å²) in [6.07, 6.45) is 2.05. The summed E-state index contributed by atoms with van der Waals surface area (Å²) in [6.45, 7) is 4.10. The SMILES string of the molecule is CC(C)(C(=O)NCC1NCCc2ccccc21)S(C)(=O)=O. The average molecular weight is 310 g/mol. The van der Waals surface area contributed by atoms with E-state index in [1.807, 2.05) is 18.2 Å². The fourth-order valence-electron chi connectivity index (χ4n) is 2.35. The molecule has 1 atom stereocenters. The lowest BCUT2D eigenvalue weighted by Crippen LogP contribution is -2.50. The highest BCUT2D eigenvalue weighted by molar-refractivity contribution is 7.92. The van der Waals surface area contributed by atoms with Gasteiger partial charge in [0.25, 0.3) is 0 Å². The Labute approximate surface area is 126 Å². The molecule has 1 heterocycles. The molecular weight excluding hydrogens is 288 g/mol. The Kier molecular flexibility index (Phi) is 4.39. The van der Waals surface area contributed by atoms with Gasteiger partial charge in [-0.3, -0.25) is 4.79 Å². The summed E-state index contributed by atoms with van der Waals surface area (Å²) in [6, 6.07) is 8.13. The first kappa shape index (κ1) is 16.0. The van der Waals surface area contributed by atoms with Crippen LogP contribution in [-0.4, -0.2) is 38.4 Å². The molecule has 1 amide bonds. The molecule has 1 unspecified atom stereocenters. The normalized spacial score (nSPS) is 18.9. The van der Waals surface area contributed by atoms with E-state index in [0.717, 1.165) is 19.2 Å². The lowest BCUT2D eigenvalue weighted by molar-refractivity contribution is -0.122. The molecule has 0 saturated heterocycles. The van der Waals surface area contributed by atoms with Crippen molar-refractivity contribution in [2.75, 3.05) is 19.3 Å². The largest absolute Gasteiger partial charge is 0.353 e. The molecule has 0 saturated carbocycles. The molecule has 2 rings (SSSR count). The molecule has 116 valence electrons. The monoisotopic (exact) mass is 310 g/mol. The van der Waals surface area contributed by atoms with Crippen molar-refractivity contribution >= 4 is 15.7 Å². The van der Waals surface area contributed by atoms with E-state index >= 15 is 0 Å². The summed E-state index contributed by atoms with van der Waals surface area (Å²) in [5.74, 6) is -0.463. The highest BCUT2D eigenvalue weighted by Crippen LogP contribution is 2.22. The number of rotatable bonds is 4. The molecule has 6 heteroatoms. The molecule has 0 spiro atoms. The second kappa shape index (κ2) is 5.77. The van der Waals surface area contributed by atoms with Gasteiger partial charge in [-0.1, -0.05) is 24.3 Å². The lowest BCUT2D eigenvalue weighted by Gasteiger charge is -2.29. The summed E-state index contributed by atoms with van der Waals surface area (Å²) in [5.41, 5.74) is 2.44. The quantitative estimate of drug-likeness (QED) is 0.863. The minimum atomic E-state index is -3.45. The van der Waals surface area contributed by atoms with Crippen molar-refractivity contribution in [1.82, 2.24) is 10.6 Å². The van der Waals surface area contributed by atoms with Crippen LogP contribution in [0.1, 0.15) is 31.0 Å². The van der Waals surface area contributed by atoms with E-state index in [2.05, 4.69) is 16.7 Å². The van der Waals surface area contributed by atoms with Gasteiger partial charge in [0.1, 0.15) is 4.75 Å². The molecule has 0 aliphatic carbocycles. The van der Waals surface area contributed by atoms with Crippen molar-refractivity contribution in [3.05, 3.63) is 35.4 Å². The molecule has 21 heavy (non-hydrogen) atoms. The van der Waals surface area contributed by atoms with Gasteiger partial charge in [-0.25, -0.2) is 8.42 Å². The standard InChI is InChI=1S/C15H22N2O3S/c1-15(2,21(3,19)20)14(18)17-10-13-12-7-5-4-6-11(12)8-9-16-13/h4-7,13,16H,8-10H2,1-3H3,(H,17,18). The van der Waals surface area contributed by atoms with Gasteiger partial charge < -0.3 is 10.6 Å². The van der Waals surface area contributed by atoms with E-state index in [1.54, 1.807) is 0 Å². The van der Waals surface area contributed by atoms with E-state index < -0.39 is 20.5 Å². The van der Waals surface area contributed by atoms with Gasteiger partial charge in [-0.2, -0.15) is 0 Å². The minimum Gasteiger partial charge on any atom is -0.353 e. The maximum atomic E-state index is 12.1. The third kappa shape index (κ3) is 3.27. The van der Waals surface area contributed by atoms with Crippen LogP contribution in [0.15, 0.2) is 24.3 Å². The molecule has 2 N–H and O–H groups in total. The van der Waals surface area contributed by atoms with Crippen molar-refractivity contribution in [3.8, 4) is 0 Å². The zero-order chi connectivity index (χ0) is 15.7. The molecule has 0 fully saturated rings. The fourth-order valence-corrected chi connectivity index (χ4v) is 2.76. The first-order valence-electron chi connectivity index (χ1n) is 7.02. The second-order valence-corrected chi connectivity index (χ2v) is 8.51. The molecule has 5 nitrogen and oxygen atoms in total. The summed E-state index contributed by atoms with van der Waals surface area (Å²) in [7, 11) is -3.45. The molecule has 1 aromatic rings. The number of sulfone groups is 1. The number of carbonyl (C=O) groups is 1. The Morgan fingerprint density at radius 2 is 2.05 bits per heavy atom. The van der Waals surface area contributed by atoms with Crippen molar-refractivity contribution in [2.45, 2.75) is 31.1 Å². The van der Waals surface area contributed by atoms with Crippen molar-refractivity contribution in [3.63, 3.8) is 0 Å². The Morgan fingerprint density at radius 1 is 1.38 bits per heavy atom. The molecule has 0 radical (unpaired) electrons. The first-order chi connectivity index (χ1) is 9.73. The van der Waals surface area contributed by atoms with Crippen molar-refractivity contribution in [2.24, 2.45) is 0 Å². The second-order valence-electron chi connectivity index (χ2n) is 5.95. The lowest BCUT2D eigenvalue weighted by atomic mass is 9.94. The number of amides is 1. The number of hydrogen-bond donors (Lipinski definition) is 2. The molecule has 1 aromatic carbocycles. The summed E-state index contributed by atoms with van der Waals surface area (Å²) in [4.78, 5) is 12.1. The summed E-state index contributed by atoms with van der Waals surface area (Å²) in [5, 5.41) is 6.12. The topological polar surface area (TPSA) is 75.3 Å². The van der Waals surface area contributed by atoms with Gasteiger partial charge in [-0.15, -0.1) is 0 Å². The average Bonchev–Trinajstić information content (AvgIpc) is 2.43. The van der Waals surface area contributed by atoms with Crippen LogP contribution in [0.4, 0.5) is 0 Å². The fraction of sp³-hybridized carbons (Fsp3) is 0.533.